The van der Waals surface area contributed by atoms with E-state index >= 15 is 0 Å². The van der Waals surface area contributed by atoms with Crippen LogP contribution in [-0.4, -0.2) is 31.3 Å². The molecule has 0 saturated heterocycles. The molecule has 0 amide bonds. The van der Waals surface area contributed by atoms with Crippen LogP contribution in [0.4, 0.5) is 0 Å². The highest BCUT2D eigenvalue weighted by Crippen LogP contribution is 2.25. The molecule has 2 rings (SSSR count). The number of carbonyl (C=O) groups is 1. The largest absolute Gasteiger partial charge is 0.480 e. The number of carboxylic acid groups (broad SMARTS) is 1. The molecule has 0 radical (unpaired) electrons. The molecular weight excluding hydrogens is 224 g/mol. The summed E-state index contributed by atoms with van der Waals surface area (Å²) in [6.45, 7) is 5.11. The zero-order chi connectivity index (χ0) is 12.6. The normalized spacial score (nSPS) is 12.6. The molecule has 0 saturated carbocycles. The van der Waals surface area contributed by atoms with E-state index in [2.05, 4.69) is 15.5 Å². The Bertz CT molecular complexity index is 558. The Kier molecular flexibility index (Phi) is 2.66. The van der Waals surface area contributed by atoms with Crippen LogP contribution < -0.4 is 0 Å². The van der Waals surface area contributed by atoms with Crippen LogP contribution in [0, 0.1) is 13.8 Å². The van der Waals surface area contributed by atoms with E-state index in [1.807, 2.05) is 6.92 Å². The number of aromatic nitrogens is 4. The van der Waals surface area contributed by atoms with Gasteiger partial charge in [0.2, 0.25) is 0 Å². The first-order valence-electron chi connectivity index (χ1n) is 5.08. The highest BCUT2D eigenvalue weighted by atomic mass is 16.4. The van der Waals surface area contributed by atoms with Crippen LogP contribution in [0.15, 0.2) is 10.5 Å². The lowest BCUT2D eigenvalue weighted by molar-refractivity contribution is -0.140. The van der Waals surface area contributed by atoms with Gasteiger partial charge in [-0.2, -0.15) is 0 Å². The summed E-state index contributed by atoms with van der Waals surface area (Å²) in [5.41, 5.74) is 0.709. The van der Waals surface area contributed by atoms with Gasteiger partial charge in [-0.3, -0.25) is 0 Å². The van der Waals surface area contributed by atoms with E-state index in [-0.39, 0.29) is 0 Å². The van der Waals surface area contributed by atoms with E-state index in [0.29, 0.717) is 17.1 Å². The fourth-order valence-corrected chi connectivity index (χ4v) is 1.59. The van der Waals surface area contributed by atoms with Crippen LogP contribution in [0.2, 0.25) is 0 Å². The first kappa shape index (κ1) is 11.3. The number of aryl methyl sites for hydroxylation is 2. The SMILES string of the molecule is Cc1cc(-c2nnnn2C(C)C(=O)O)c(C)o1. The van der Waals surface area contributed by atoms with E-state index in [9.17, 15) is 4.79 Å². The highest BCUT2D eigenvalue weighted by Gasteiger charge is 2.22. The summed E-state index contributed by atoms with van der Waals surface area (Å²) in [7, 11) is 0. The van der Waals surface area contributed by atoms with Crippen molar-refractivity contribution in [2.45, 2.75) is 26.8 Å². The highest BCUT2D eigenvalue weighted by molar-refractivity contribution is 5.72. The molecule has 0 bridgehead atoms. The Morgan fingerprint density at radius 2 is 2.24 bits per heavy atom. The maximum Gasteiger partial charge on any atom is 0.328 e. The zero-order valence-corrected chi connectivity index (χ0v) is 9.71. The van der Waals surface area contributed by atoms with Crippen molar-refractivity contribution in [1.29, 1.82) is 0 Å². The van der Waals surface area contributed by atoms with Crippen LogP contribution in [0.3, 0.4) is 0 Å². The van der Waals surface area contributed by atoms with Crippen molar-refractivity contribution in [1.82, 2.24) is 20.2 Å². The van der Waals surface area contributed by atoms with Crippen molar-refractivity contribution in [2.24, 2.45) is 0 Å². The summed E-state index contributed by atoms with van der Waals surface area (Å²) in [6.07, 6.45) is 0. The first-order valence-corrected chi connectivity index (χ1v) is 5.08. The minimum absolute atomic E-state index is 0.397. The zero-order valence-electron chi connectivity index (χ0n) is 9.71. The minimum Gasteiger partial charge on any atom is -0.480 e. The maximum absolute atomic E-state index is 10.9. The third kappa shape index (κ3) is 1.91. The molecule has 1 atom stereocenters. The fourth-order valence-electron chi connectivity index (χ4n) is 1.59. The molecule has 17 heavy (non-hydrogen) atoms. The molecule has 7 heteroatoms. The monoisotopic (exact) mass is 236 g/mol. The average molecular weight is 236 g/mol. The molecule has 0 spiro atoms. The van der Waals surface area contributed by atoms with Gasteiger partial charge in [0, 0.05) is 0 Å². The minimum atomic E-state index is -0.989. The molecule has 1 unspecified atom stereocenters. The number of tetrazole rings is 1. The quantitative estimate of drug-likeness (QED) is 0.860. The van der Waals surface area contributed by atoms with Crippen molar-refractivity contribution in [3.05, 3.63) is 17.6 Å². The Morgan fingerprint density at radius 3 is 2.76 bits per heavy atom. The second-order valence-electron chi connectivity index (χ2n) is 3.79. The molecule has 2 heterocycles. The van der Waals surface area contributed by atoms with Gasteiger partial charge in [-0.05, 0) is 37.3 Å². The Labute approximate surface area is 97.0 Å². The Hall–Kier alpha value is -2.18. The van der Waals surface area contributed by atoms with Gasteiger partial charge in [0.05, 0.1) is 5.56 Å². The average Bonchev–Trinajstić information content (AvgIpc) is 2.83. The second kappa shape index (κ2) is 4.00. The van der Waals surface area contributed by atoms with E-state index < -0.39 is 12.0 Å². The maximum atomic E-state index is 10.9. The lowest BCUT2D eigenvalue weighted by Gasteiger charge is -2.07. The summed E-state index contributed by atoms with van der Waals surface area (Å²) in [5.74, 6) is 0.803. The van der Waals surface area contributed by atoms with Gasteiger partial charge in [-0.15, -0.1) is 5.10 Å². The number of hydrogen-bond acceptors (Lipinski definition) is 5. The summed E-state index contributed by atoms with van der Waals surface area (Å²) in [6, 6.07) is 0.959. The molecule has 7 nitrogen and oxygen atoms in total. The number of furan rings is 1. The van der Waals surface area contributed by atoms with E-state index in [0.717, 1.165) is 5.76 Å². The van der Waals surface area contributed by atoms with Crippen LogP contribution >= 0.6 is 0 Å². The molecule has 0 aliphatic rings. The number of carboxylic acids is 1. The standard InChI is InChI=1S/C10H12N4O3/c1-5-4-8(7(3)17-5)9-11-12-13-14(9)6(2)10(15)16/h4,6H,1-3H3,(H,15,16). The Balaban J connectivity index is 2.50. The van der Waals surface area contributed by atoms with Crippen molar-refractivity contribution in [3.8, 4) is 11.4 Å². The smallest absolute Gasteiger partial charge is 0.328 e. The summed E-state index contributed by atoms with van der Waals surface area (Å²) in [4.78, 5) is 10.9. The molecule has 0 fully saturated rings. The molecule has 0 aliphatic heterocycles. The van der Waals surface area contributed by atoms with Crippen molar-refractivity contribution in [2.75, 3.05) is 0 Å². The van der Waals surface area contributed by atoms with Crippen LogP contribution in [-0.2, 0) is 4.79 Å². The van der Waals surface area contributed by atoms with Gasteiger partial charge in [-0.25, -0.2) is 9.48 Å². The van der Waals surface area contributed by atoms with Gasteiger partial charge >= 0.3 is 5.97 Å². The van der Waals surface area contributed by atoms with E-state index in [4.69, 9.17) is 9.52 Å². The van der Waals surface area contributed by atoms with Crippen molar-refractivity contribution >= 4 is 5.97 Å². The van der Waals surface area contributed by atoms with Gasteiger partial charge in [0.1, 0.15) is 11.5 Å². The topological polar surface area (TPSA) is 94.0 Å². The number of hydrogen-bond donors (Lipinski definition) is 1. The van der Waals surface area contributed by atoms with Crippen molar-refractivity contribution in [3.63, 3.8) is 0 Å². The fraction of sp³-hybridized carbons (Fsp3) is 0.400. The lowest BCUT2D eigenvalue weighted by atomic mass is 10.2. The van der Waals surface area contributed by atoms with Crippen LogP contribution in [0.5, 0.6) is 0 Å². The third-order valence-electron chi connectivity index (χ3n) is 2.50. The second-order valence-corrected chi connectivity index (χ2v) is 3.79. The van der Waals surface area contributed by atoms with E-state index in [1.165, 1.54) is 11.6 Å². The molecule has 90 valence electrons. The molecule has 2 aromatic rings. The van der Waals surface area contributed by atoms with Gasteiger partial charge < -0.3 is 9.52 Å². The molecule has 2 aromatic heterocycles. The van der Waals surface area contributed by atoms with Gasteiger partial charge in [-0.1, -0.05) is 0 Å². The summed E-state index contributed by atoms with van der Waals surface area (Å²) in [5, 5.41) is 20.0. The van der Waals surface area contributed by atoms with Crippen LogP contribution in [0.25, 0.3) is 11.4 Å². The van der Waals surface area contributed by atoms with Gasteiger partial charge in [0.15, 0.2) is 11.9 Å². The van der Waals surface area contributed by atoms with E-state index in [1.54, 1.807) is 13.0 Å². The number of aliphatic carboxylic acids is 1. The molecule has 1 N–H and O–H groups in total. The summed E-state index contributed by atoms with van der Waals surface area (Å²) >= 11 is 0. The number of nitrogens with zero attached hydrogens (tertiary/aromatic N) is 4. The summed E-state index contributed by atoms with van der Waals surface area (Å²) < 4.78 is 6.64. The van der Waals surface area contributed by atoms with Crippen LogP contribution in [0.1, 0.15) is 24.5 Å². The molecular formula is C10H12N4O3. The molecule has 0 aliphatic carbocycles. The number of rotatable bonds is 3. The predicted octanol–water partition coefficient (Wildman–Crippen LogP) is 1.20. The third-order valence-corrected chi connectivity index (χ3v) is 2.50. The Morgan fingerprint density at radius 1 is 1.53 bits per heavy atom. The molecule has 0 aromatic carbocycles. The first-order chi connectivity index (χ1) is 8.00. The van der Waals surface area contributed by atoms with Crippen molar-refractivity contribution < 1.29 is 14.3 Å². The van der Waals surface area contributed by atoms with Gasteiger partial charge in [0.25, 0.3) is 0 Å². The lowest BCUT2D eigenvalue weighted by Crippen LogP contribution is -2.18. The predicted molar refractivity (Wildman–Crippen MR) is 57.3 cm³/mol.